The van der Waals surface area contributed by atoms with Gasteiger partial charge in [0, 0.05) is 16.4 Å². The summed E-state index contributed by atoms with van der Waals surface area (Å²) < 4.78 is -0.505. The van der Waals surface area contributed by atoms with Gasteiger partial charge in [-0.1, -0.05) is 32.0 Å². The van der Waals surface area contributed by atoms with E-state index in [0.717, 1.165) is 5.56 Å². The molecule has 2 aliphatic rings. The van der Waals surface area contributed by atoms with Gasteiger partial charge in [-0.2, -0.15) is 0 Å². The first kappa shape index (κ1) is 22.6. The summed E-state index contributed by atoms with van der Waals surface area (Å²) in [6, 6.07) is 5.64. The highest BCUT2D eigenvalue weighted by molar-refractivity contribution is 8.01. The second-order valence-corrected chi connectivity index (χ2v) is 10.8. The first-order valence-electron chi connectivity index (χ1n) is 10.4. The van der Waals surface area contributed by atoms with Crippen LogP contribution < -0.4 is 10.6 Å². The third-order valence-corrected chi connectivity index (χ3v) is 7.08. The Bertz CT molecular complexity index is 841. The van der Waals surface area contributed by atoms with E-state index in [0.29, 0.717) is 12.0 Å². The molecule has 1 aromatic rings. The zero-order valence-corrected chi connectivity index (χ0v) is 19.0. The van der Waals surface area contributed by atoms with E-state index >= 15 is 0 Å². The van der Waals surface area contributed by atoms with Crippen LogP contribution in [0.5, 0.6) is 0 Å². The molecule has 1 fully saturated rings. The zero-order chi connectivity index (χ0) is 22.2. The molecule has 0 bridgehead atoms. The number of rotatable bonds is 7. The lowest BCUT2D eigenvalue weighted by Crippen LogP contribution is -2.58. The molecule has 3 rings (SSSR count). The highest BCUT2D eigenvalue weighted by Crippen LogP contribution is 2.56. The summed E-state index contributed by atoms with van der Waals surface area (Å²) in [4.78, 5) is 40.9. The smallest absolute Gasteiger partial charge is 0.256 e. The van der Waals surface area contributed by atoms with Gasteiger partial charge in [0.1, 0.15) is 17.5 Å². The molecular formula is C22H31N3O4S. The van der Waals surface area contributed by atoms with Crippen molar-refractivity contribution in [1.29, 1.82) is 0 Å². The molecule has 164 valence electrons. The van der Waals surface area contributed by atoms with Crippen molar-refractivity contribution in [2.75, 3.05) is 6.61 Å². The summed E-state index contributed by atoms with van der Waals surface area (Å²) >= 11 is 1.60. The number of aliphatic hydroxyl groups is 1. The average molecular weight is 434 g/mol. The fourth-order valence-corrected chi connectivity index (χ4v) is 5.74. The predicted molar refractivity (Wildman–Crippen MR) is 117 cm³/mol. The minimum absolute atomic E-state index is 0.146. The van der Waals surface area contributed by atoms with Crippen molar-refractivity contribution < 1.29 is 19.5 Å². The summed E-state index contributed by atoms with van der Waals surface area (Å²) in [6.07, 6.45) is 0.466. The zero-order valence-electron chi connectivity index (χ0n) is 18.1. The number of aliphatic hydroxyl groups excluding tert-OH is 1. The lowest BCUT2D eigenvalue weighted by molar-refractivity contribution is -0.132. The number of amides is 3. The van der Waals surface area contributed by atoms with E-state index in [-0.39, 0.29) is 35.6 Å². The lowest BCUT2D eigenvalue weighted by atomic mass is 9.98. The second kappa shape index (κ2) is 8.59. The Morgan fingerprint density at radius 3 is 2.50 bits per heavy atom. The van der Waals surface area contributed by atoms with Crippen LogP contribution in [0.4, 0.5) is 0 Å². The predicted octanol–water partition coefficient (Wildman–Crippen LogP) is 2.06. The van der Waals surface area contributed by atoms with E-state index in [1.165, 1.54) is 0 Å². The van der Waals surface area contributed by atoms with Gasteiger partial charge in [-0.25, -0.2) is 0 Å². The van der Waals surface area contributed by atoms with Crippen molar-refractivity contribution in [2.45, 2.75) is 69.3 Å². The quantitative estimate of drug-likeness (QED) is 0.611. The lowest BCUT2D eigenvalue weighted by Gasteiger charge is -2.31. The molecule has 3 N–H and O–H groups in total. The van der Waals surface area contributed by atoms with Gasteiger partial charge in [-0.3, -0.25) is 14.4 Å². The minimum Gasteiger partial charge on any atom is -0.394 e. The first-order chi connectivity index (χ1) is 14.1. The molecule has 30 heavy (non-hydrogen) atoms. The third kappa shape index (κ3) is 4.21. The van der Waals surface area contributed by atoms with Crippen molar-refractivity contribution >= 4 is 29.5 Å². The molecule has 0 radical (unpaired) electrons. The van der Waals surface area contributed by atoms with Crippen molar-refractivity contribution in [1.82, 2.24) is 15.5 Å². The summed E-state index contributed by atoms with van der Waals surface area (Å²) in [5.41, 5.74) is 1.57. The molecule has 2 heterocycles. The largest absolute Gasteiger partial charge is 0.394 e. The van der Waals surface area contributed by atoms with E-state index in [2.05, 4.69) is 10.6 Å². The molecule has 3 amide bonds. The van der Waals surface area contributed by atoms with Crippen LogP contribution in [0.15, 0.2) is 24.3 Å². The summed E-state index contributed by atoms with van der Waals surface area (Å²) in [6.45, 7) is 9.40. The SMILES string of the molecule is CC(C)C[C@H](NC(=O)[C@H]1N2C(=O)c3ccccc3[C@@H]2SC1(C)C)C(=O)N[C@@H](C)CO. The van der Waals surface area contributed by atoms with Gasteiger partial charge < -0.3 is 20.6 Å². The normalized spacial score (nSPS) is 23.7. The van der Waals surface area contributed by atoms with Gasteiger partial charge in [-0.05, 0) is 44.7 Å². The maximum atomic E-state index is 13.4. The highest BCUT2D eigenvalue weighted by Gasteiger charge is 2.57. The van der Waals surface area contributed by atoms with Crippen LogP contribution in [0.1, 0.15) is 62.3 Å². The first-order valence-corrected chi connectivity index (χ1v) is 11.3. The number of benzene rings is 1. The average Bonchev–Trinajstić information content (AvgIpc) is 3.10. The van der Waals surface area contributed by atoms with Crippen molar-refractivity contribution in [3.05, 3.63) is 35.4 Å². The summed E-state index contributed by atoms with van der Waals surface area (Å²) in [5.74, 6) is -0.613. The van der Waals surface area contributed by atoms with Gasteiger partial charge in [0.05, 0.1) is 6.61 Å². The van der Waals surface area contributed by atoms with E-state index in [4.69, 9.17) is 0 Å². The number of hydrogen-bond donors (Lipinski definition) is 3. The monoisotopic (exact) mass is 433 g/mol. The van der Waals surface area contributed by atoms with Crippen LogP contribution in [-0.4, -0.2) is 57.2 Å². The van der Waals surface area contributed by atoms with Crippen LogP contribution >= 0.6 is 11.8 Å². The number of thioether (sulfide) groups is 1. The van der Waals surface area contributed by atoms with Crippen LogP contribution in [0.3, 0.4) is 0 Å². The minimum atomic E-state index is -0.730. The van der Waals surface area contributed by atoms with Crippen LogP contribution in [0.2, 0.25) is 0 Å². The number of fused-ring (bicyclic) bond motifs is 3. The Morgan fingerprint density at radius 1 is 1.20 bits per heavy atom. The molecule has 0 saturated carbocycles. The van der Waals surface area contributed by atoms with Gasteiger partial charge >= 0.3 is 0 Å². The number of carbonyl (C=O) groups excluding carboxylic acids is 3. The molecule has 1 saturated heterocycles. The van der Waals surface area contributed by atoms with E-state index in [1.54, 1.807) is 29.7 Å². The fourth-order valence-electron chi connectivity index (χ4n) is 4.15. The maximum Gasteiger partial charge on any atom is 0.256 e. The van der Waals surface area contributed by atoms with E-state index in [9.17, 15) is 19.5 Å². The van der Waals surface area contributed by atoms with Crippen LogP contribution in [0.25, 0.3) is 0 Å². The van der Waals surface area contributed by atoms with Crippen molar-refractivity contribution in [3.8, 4) is 0 Å². The molecular weight excluding hydrogens is 402 g/mol. The number of carbonyl (C=O) groups is 3. The Hall–Kier alpha value is -2.06. The molecule has 8 heteroatoms. The molecule has 0 aromatic heterocycles. The second-order valence-electron chi connectivity index (χ2n) is 9.06. The summed E-state index contributed by atoms with van der Waals surface area (Å²) in [7, 11) is 0. The Labute approximate surface area is 182 Å². The van der Waals surface area contributed by atoms with Crippen LogP contribution in [0, 0.1) is 5.92 Å². The van der Waals surface area contributed by atoms with Crippen molar-refractivity contribution in [3.63, 3.8) is 0 Å². The Balaban J connectivity index is 1.83. The fraction of sp³-hybridized carbons (Fsp3) is 0.591. The van der Waals surface area contributed by atoms with Crippen molar-refractivity contribution in [2.24, 2.45) is 5.92 Å². The highest BCUT2D eigenvalue weighted by atomic mass is 32.2. The van der Waals surface area contributed by atoms with Gasteiger partial charge in [-0.15, -0.1) is 11.8 Å². The van der Waals surface area contributed by atoms with Gasteiger partial charge in [0.15, 0.2) is 0 Å². The topological polar surface area (TPSA) is 98.7 Å². The number of hydrogen-bond acceptors (Lipinski definition) is 5. The number of nitrogens with one attached hydrogen (secondary N) is 2. The van der Waals surface area contributed by atoms with Crippen LogP contribution in [-0.2, 0) is 9.59 Å². The maximum absolute atomic E-state index is 13.4. The molecule has 2 aliphatic heterocycles. The molecule has 0 spiro atoms. The Kier molecular flexibility index (Phi) is 6.48. The summed E-state index contributed by atoms with van der Waals surface area (Å²) in [5, 5.41) is 14.7. The van der Waals surface area contributed by atoms with Gasteiger partial charge in [0.2, 0.25) is 11.8 Å². The van der Waals surface area contributed by atoms with Gasteiger partial charge in [0.25, 0.3) is 5.91 Å². The Morgan fingerprint density at radius 2 is 1.87 bits per heavy atom. The molecule has 1 aromatic carbocycles. The number of nitrogens with zero attached hydrogens (tertiary/aromatic N) is 1. The molecule has 0 aliphatic carbocycles. The molecule has 0 unspecified atom stereocenters. The molecule has 4 atom stereocenters. The van der Waals surface area contributed by atoms with E-state index in [1.807, 2.05) is 45.9 Å². The molecule has 7 nitrogen and oxygen atoms in total. The standard InChI is InChI=1S/C22H31N3O4S/c1-12(2)10-16(18(27)23-13(3)11-26)24-19(28)17-22(4,5)30-21-15-9-7-6-8-14(15)20(29)25(17)21/h6-9,12-13,16-17,21,26H,10-11H2,1-5H3,(H,23,27)(H,24,28)/t13-,16-,17+,21-/m0/s1. The van der Waals surface area contributed by atoms with E-state index < -0.39 is 22.9 Å². The third-order valence-electron chi connectivity index (χ3n) is 5.55.